The molecule has 0 aliphatic heterocycles. The second-order valence-corrected chi connectivity index (χ2v) is 4.23. The van der Waals surface area contributed by atoms with Crippen LogP contribution in [0.1, 0.15) is 11.1 Å². The van der Waals surface area contributed by atoms with Crippen LogP contribution in [0, 0.1) is 0 Å². The van der Waals surface area contributed by atoms with Crippen molar-refractivity contribution in [1.29, 1.82) is 0 Å². The number of ether oxygens (including phenoxy) is 2. The first-order chi connectivity index (χ1) is 9.80. The van der Waals surface area contributed by atoms with E-state index < -0.39 is 0 Å². The minimum absolute atomic E-state index is 0.0284. The van der Waals surface area contributed by atoms with Crippen molar-refractivity contribution in [2.45, 2.75) is 0 Å². The summed E-state index contributed by atoms with van der Waals surface area (Å²) in [5.41, 5.74) is 2.89. The average Bonchev–Trinajstić information content (AvgIpc) is 2.53. The molecule has 20 heavy (non-hydrogen) atoms. The van der Waals surface area contributed by atoms with Gasteiger partial charge in [-0.25, -0.2) is 0 Å². The van der Waals surface area contributed by atoms with Crippen molar-refractivity contribution in [3.8, 4) is 11.5 Å². The molecule has 2 aromatic carbocycles. The smallest absolute Gasteiger partial charge is 0.130 e. The Morgan fingerprint density at radius 3 is 2.40 bits per heavy atom. The van der Waals surface area contributed by atoms with Crippen molar-refractivity contribution < 1.29 is 14.6 Å². The van der Waals surface area contributed by atoms with Crippen molar-refractivity contribution in [1.82, 2.24) is 0 Å². The van der Waals surface area contributed by atoms with Crippen LogP contribution in [0.2, 0.25) is 0 Å². The van der Waals surface area contributed by atoms with E-state index in [9.17, 15) is 5.11 Å². The molecule has 104 valence electrons. The summed E-state index contributed by atoms with van der Waals surface area (Å²) in [6.45, 7) is -0.0284. The number of benzene rings is 2. The van der Waals surface area contributed by atoms with E-state index in [2.05, 4.69) is 0 Å². The monoisotopic (exact) mass is 270 g/mol. The predicted molar refractivity (Wildman–Crippen MR) is 80.2 cm³/mol. The largest absolute Gasteiger partial charge is 0.497 e. The Morgan fingerprint density at radius 2 is 1.80 bits per heavy atom. The Bertz CT molecular complexity index is 588. The molecule has 0 spiro atoms. The molecule has 0 bridgehead atoms. The normalized spacial score (nSPS) is 11.2. The van der Waals surface area contributed by atoms with Gasteiger partial charge >= 0.3 is 0 Å². The molecule has 0 aliphatic rings. The lowest BCUT2D eigenvalue weighted by Gasteiger charge is -2.14. The fraction of sp³-hybridized carbons (Fsp3) is 0.176. The fourth-order valence-corrected chi connectivity index (χ4v) is 2.11. The van der Waals surface area contributed by atoms with E-state index in [1.807, 2.05) is 48.5 Å². The summed E-state index contributed by atoms with van der Waals surface area (Å²) in [4.78, 5) is 0. The summed E-state index contributed by atoms with van der Waals surface area (Å²) >= 11 is 0. The maximum atomic E-state index is 9.28. The van der Waals surface area contributed by atoms with E-state index in [1.54, 1.807) is 20.3 Å². The van der Waals surface area contributed by atoms with Gasteiger partial charge in [0.1, 0.15) is 11.5 Å². The lowest BCUT2D eigenvalue weighted by atomic mass is 9.96. The molecule has 0 aromatic heterocycles. The molecule has 0 saturated heterocycles. The van der Waals surface area contributed by atoms with Crippen LogP contribution in [-0.2, 0) is 0 Å². The van der Waals surface area contributed by atoms with Gasteiger partial charge in [-0.3, -0.25) is 0 Å². The van der Waals surface area contributed by atoms with E-state index in [4.69, 9.17) is 9.47 Å². The van der Waals surface area contributed by atoms with E-state index in [-0.39, 0.29) is 6.61 Å². The molecule has 0 aliphatic carbocycles. The second kappa shape index (κ2) is 6.78. The minimum Gasteiger partial charge on any atom is -0.497 e. The highest BCUT2D eigenvalue weighted by Gasteiger charge is 2.11. The second-order valence-electron chi connectivity index (χ2n) is 4.23. The number of hydrogen-bond donors (Lipinski definition) is 1. The summed E-state index contributed by atoms with van der Waals surface area (Å²) in [6, 6.07) is 15.6. The highest BCUT2D eigenvalue weighted by Crippen LogP contribution is 2.33. The lowest BCUT2D eigenvalue weighted by Crippen LogP contribution is -1.96. The van der Waals surface area contributed by atoms with E-state index >= 15 is 0 Å². The van der Waals surface area contributed by atoms with Crippen LogP contribution < -0.4 is 9.47 Å². The third-order valence-electron chi connectivity index (χ3n) is 3.08. The molecule has 0 saturated carbocycles. The van der Waals surface area contributed by atoms with Crippen LogP contribution in [0.25, 0.3) is 5.57 Å². The van der Waals surface area contributed by atoms with Gasteiger partial charge in [0.15, 0.2) is 0 Å². The van der Waals surface area contributed by atoms with Crippen LogP contribution in [0.3, 0.4) is 0 Å². The summed E-state index contributed by atoms with van der Waals surface area (Å²) in [5.74, 6) is 1.45. The van der Waals surface area contributed by atoms with Crippen LogP contribution in [0.5, 0.6) is 11.5 Å². The van der Waals surface area contributed by atoms with E-state index in [0.717, 1.165) is 22.4 Å². The molecular weight excluding hydrogens is 252 g/mol. The molecule has 0 heterocycles. The maximum Gasteiger partial charge on any atom is 0.130 e. The van der Waals surface area contributed by atoms with Crippen LogP contribution in [0.4, 0.5) is 0 Å². The van der Waals surface area contributed by atoms with Gasteiger partial charge < -0.3 is 14.6 Å². The topological polar surface area (TPSA) is 38.7 Å². The molecule has 0 radical (unpaired) electrons. The van der Waals surface area contributed by atoms with Crippen LogP contribution in [0.15, 0.2) is 54.6 Å². The average molecular weight is 270 g/mol. The standard InChI is InChI=1S/C17H18O3/c1-19-14-8-9-16(17(12-14)20-2)15(10-11-18)13-6-4-3-5-7-13/h3-10,12,18H,11H2,1-2H3/b15-10-. The third kappa shape index (κ3) is 3.00. The van der Waals surface area contributed by atoms with Crippen molar-refractivity contribution >= 4 is 5.57 Å². The predicted octanol–water partition coefficient (Wildman–Crippen LogP) is 3.13. The Balaban J connectivity index is 2.53. The zero-order chi connectivity index (χ0) is 14.4. The van der Waals surface area contributed by atoms with Gasteiger partial charge in [0.05, 0.1) is 20.8 Å². The first kappa shape index (κ1) is 14.2. The van der Waals surface area contributed by atoms with Gasteiger partial charge in [-0.05, 0) is 23.3 Å². The van der Waals surface area contributed by atoms with Gasteiger partial charge in [-0.1, -0.05) is 36.4 Å². The summed E-state index contributed by atoms with van der Waals surface area (Å²) in [6.07, 6.45) is 1.78. The Hall–Kier alpha value is -2.26. The van der Waals surface area contributed by atoms with E-state index in [1.165, 1.54) is 0 Å². The molecule has 1 N–H and O–H groups in total. The molecular formula is C17H18O3. The Kier molecular flexibility index (Phi) is 4.80. The van der Waals surface area contributed by atoms with Crippen LogP contribution in [-0.4, -0.2) is 25.9 Å². The molecule has 0 atom stereocenters. The van der Waals surface area contributed by atoms with Crippen molar-refractivity contribution in [3.63, 3.8) is 0 Å². The van der Waals surface area contributed by atoms with Crippen molar-refractivity contribution in [2.75, 3.05) is 20.8 Å². The van der Waals surface area contributed by atoms with Gasteiger partial charge in [0.2, 0.25) is 0 Å². The maximum absolute atomic E-state index is 9.28. The SMILES string of the molecule is COc1ccc(/C(=C\CO)c2ccccc2)c(OC)c1. The number of rotatable bonds is 5. The van der Waals surface area contributed by atoms with Crippen molar-refractivity contribution in [2.24, 2.45) is 0 Å². The van der Waals surface area contributed by atoms with Crippen LogP contribution >= 0.6 is 0 Å². The molecule has 3 heteroatoms. The summed E-state index contributed by atoms with van der Waals surface area (Å²) in [7, 11) is 3.25. The number of aliphatic hydroxyl groups is 1. The fourth-order valence-electron chi connectivity index (χ4n) is 2.11. The van der Waals surface area contributed by atoms with Gasteiger partial charge in [-0.2, -0.15) is 0 Å². The van der Waals surface area contributed by atoms with E-state index in [0.29, 0.717) is 5.75 Å². The Labute approximate surface area is 119 Å². The number of hydrogen-bond acceptors (Lipinski definition) is 3. The number of aliphatic hydroxyl groups excluding tert-OH is 1. The molecule has 2 rings (SSSR count). The number of methoxy groups -OCH3 is 2. The zero-order valence-corrected chi connectivity index (χ0v) is 11.7. The quantitative estimate of drug-likeness (QED) is 0.907. The molecule has 0 amide bonds. The minimum atomic E-state index is -0.0284. The first-order valence-electron chi connectivity index (χ1n) is 6.39. The van der Waals surface area contributed by atoms with Gasteiger partial charge in [0, 0.05) is 11.6 Å². The molecule has 2 aromatic rings. The molecule has 0 unspecified atom stereocenters. The summed E-state index contributed by atoms with van der Waals surface area (Å²) < 4.78 is 10.6. The van der Waals surface area contributed by atoms with Crippen molar-refractivity contribution in [3.05, 3.63) is 65.7 Å². The molecule has 0 fully saturated rings. The third-order valence-corrected chi connectivity index (χ3v) is 3.08. The summed E-state index contributed by atoms with van der Waals surface area (Å²) in [5, 5.41) is 9.28. The Morgan fingerprint density at radius 1 is 1.05 bits per heavy atom. The highest BCUT2D eigenvalue weighted by atomic mass is 16.5. The highest BCUT2D eigenvalue weighted by molar-refractivity contribution is 5.83. The van der Waals surface area contributed by atoms with Gasteiger partial charge in [0.25, 0.3) is 0 Å². The zero-order valence-electron chi connectivity index (χ0n) is 11.7. The first-order valence-corrected chi connectivity index (χ1v) is 6.39. The molecule has 3 nitrogen and oxygen atoms in total. The lowest BCUT2D eigenvalue weighted by molar-refractivity contribution is 0.343. The van der Waals surface area contributed by atoms with Gasteiger partial charge in [-0.15, -0.1) is 0 Å².